The minimum atomic E-state index is 0.144. The maximum absolute atomic E-state index is 4.71. The fourth-order valence-electron chi connectivity index (χ4n) is 3.08. The highest BCUT2D eigenvalue weighted by Crippen LogP contribution is 2.30. The van der Waals surface area contributed by atoms with E-state index >= 15 is 0 Å². The zero-order valence-corrected chi connectivity index (χ0v) is 14.5. The van der Waals surface area contributed by atoms with E-state index in [0.29, 0.717) is 6.04 Å². The Kier molecular flexibility index (Phi) is 4.92. The minimum Gasteiger partial charge on any atom is -0.353 e. The van der Waals surface area contributed by atoms with E-state index in [2.05, 4.69) is 63.9 Å². The highest BCUT2D eigenvalue weighted by atomic mass is 15.2. The van der Waals surface area contributed by atoms with E-state index in [0.717, 1.165) is 30.7 Å². The van der Waals surface area contributed by atoms with Gasteiger partial charge in [0.1, 0.15) is 5.82 Å². The first-order valence-electron chi connectivity index (χ1n) is 8.23. The van der Waals surface area contributed by atoms with Crippen LogP contribution in [0.15, 0.2) is 18.3 Å². The van der Waals surface area contributed by atoms with Crippen molar-refractivity contribution < 1.29 is 0 Å². The SMILES string of the molecule is CC1CC(C)C(C)N(c2ccc(CNC(C)(C)C)cn2)C1. The maximum atomic E-state index is 4.71. The van der Waals surface area contributed by atoms with Crippen molar-refractivity contribution >= 4 is 5.82 Å². The van der Waals surface area contributed by atoms with Gasteiger partial charge in [-0.05, 0) is 57.6 Å². The highest BCUT2D eigenvalue weighted by Gasteiger charge is 2.29. The van der Waals surface area contributed by atoms with Crippen molar-refractivity contribution in [2.45, 2.75) is 66.1 Å². The Bertz CT molecular complexity index is 447. The van der Waals surface area contributed by atoms with Crippen LogP contribution in [0.25, 0.3) is 0 Å². The number of piperidine rings is 1. The van der Waals surface area contributed by atoms with Crippen molar-refractivity contribution in [2.75, 3.05) is 11.4 Å². The molecular formula is C18H31N3. The summed E-state index contributed by atoms with van der Waals surface area (Å²) in [5.74, 6) is 2.61. The summed E-state index contributed by atoms with van der Waals surface area (Å²) >= 11 is 0. The third-order valence-corrected chi connectivity index (χ3v) is 4.52. The van der Waals surface area contributed by atoms with E-state index in [1.54, 1.807) is 0 Å². The van der Waals surface area contributed by atoms with E-state index < -0.39 is 0 Å². The molecule has 0 aliphatic carbocycles. The third kappa shape index (κ3) is 4.44. The Morgan fingerprint density at radius 1 is 1.24 bits per heavy atom. The van der Waals surface area contributed by atoms with Crippen molar-refractivity contribution in [1.29, 1.82) is 0 Å². The van der Waals surface area contributed by atoms with E-state index in [1.807, 2.05) is 6.20 Å². The summed E-state index contributed by atoms with van der Waals surface area (Å²) < 4.78 is 0. The fourth-order valence-corrected chi connectivity index (χ4v) is 3.08. The van der Waals surface area contributed by atoms with E-state index in [4.69, 9.17) is 4.98 Å². The quantitative estimate of drug-likeness (QED) is 0.916. The van der Waals surface area contributed by atoms with Crippen LogP contribution in [-0.4, -0.2) is 23.1 Å². The molecule has 3 unspecified atom stereocenters. The van der Waals surface area contributed by atoms with Gasteiger partial charge in [-0.1, -0.05) is 19.9 Å². The lowest BCUT2D eigenvalue weighted by molar-refractivity contribution is 0.295. The molecule has 21 heavy (non-hydrogen) atoms. The number of pyridine rings is 1. The second-order valence-corrected chi connectivity index (χ2v) is 7.84. The number of aromatic nitrogens is 1. The second kappa shape index (κ2) is 6.35. The summed E-state index contributed by atoms with van der Waals surface area (Å²) in [6.07, 6.45) is 3.34. The molecule has 0 amide bonds. The summed E-state index contributed by atoms with van der Waals surface area (Å²) in [5, 5.41) is 3.51. The first-order chi connectivity index (χ1) is 9.76. The van der Waals surface area contributed by atoms with Gasteiger partial charge in [0, 0.05) is 30.9 Å². The Labute approximate surface area is 130 Å². The van der Waals surface area contributed by atoms with Gasteiger partial charge >= 0.3 is 0 Å². The molecule has 0 radical (unpaired) electrons. The Morgan fingerprint density at radius 3 is 2.52 bits per heavy atom. The lowest BCUT2D eigenvalue weighted by atomic mass is 9.86. The Morgan fingerprint density at radius 2 is 1.95 bits per heavy atom. The van der Waals surface area contributed by atoms with Crippen molar-refractivity contribution in [2.24, 2.45) is 11.8 Å². The monoisotopic (exact) mass is 289 g/mol. The van der Waals surface area contributed by atoms with Crippen LogP contribution in [0.4, 0.5) is 5.82 Å². The largest absolute Gasteiger partial charge is 0.353 e. The van der Waals surface area contributed by atoms with Gasteiger partial charge in [-0.15, -0.1) is 0 Å². The zero-order chi connectivity index (χ0) is 15.6. The van der Waals surface area contributed by atoms with Gasteiger partial charge in [0.05, 0.1) is 0 Å². The lowest BCUT2D eigenvalue weighted by Gasteiger charge is -2.42. The predicted molar refractivity (Wildman–Crippen MR) is 90.6 cm³/mol. The minimum absolute atomic E-state index is 0.144. The number of nitrogens with one attached hydrogen (secondary N) is 1. The second-order valence-electron chi connectivity index (χ2n) is 7.84. The van der Waals surface area contributed by atoms with Crippen molar-refractivity contribution in [3.05, 3.63) is 23.9 Å². The van der Waals surface area contributed by atoms with E-state index in [1.165, 1.54) is 12.0 Å². The molecule has 1 aliphatic rings. The number of rotatable bonds is 3. The Balaban J connectivity index is 2.04. The van der Waals surface area contributed by atoms with Crippen LogP contribution < -0.4 is 10.2 Å². The maximum Gasteiger partial charge on any atom is 0.128 e. The van der Waals surface area contributed by atoms with Crippen LogP contribution in [0.1, 0.15) is 53.5 Å². The molecule has 1 aliphatic heterocycles. The summed E-state index contributed by atoms with van der Waals surface area (Å²) in [6, 6.07) is 4.96. The molecule has 3 atom stereocenters. The molecule has 0 spiro atoms. The molecule has 1 aromatic heterocycles. The van der Waals surface area contributed by atoms with Crippen LogP contribution in [0.5, 0.6) is 0 Å². The summed E-state index contributed by atoms with van der Waals surface area (Å²) in [7, 11) is 0. The normalized spacial score (nSPS) is 27.0. The van der Waals surface area contributed by atoms with Crippen LogP contribution >= 0.6 is 0 Å². The Hall–Kier alpha value is -1.09. The standard InChI is InChI=1S/C18H31N3/c1-13-9-14(2)15(3)21(12-13)17-8-7-16(10-19-17)11-20-18(4,5)6/h7-8,10,13-15,20H,9,11-12H2,1-6H3. The number of anilines is 1. The molecule has 1 aromatic rings. The zero-order valence-electron chi connectivity index (χ0n) is 14.5. The molecule has 2 rings (SSSR count). The van der Waals surface area contributed by atoms with E-state index in [-0.39, 0.29) is 5.54 Å². The van der Waals surface area contributed by atoms with Crippen molar-refractivity contribution in [3.8, 4) is 0 Å². The molecule has 2 heterocycles. The van der Waals surface area contributed by atoms with Gasteiger partial charge in [0.15, 0.2) is 0 Å². The van der Waals surface area contributed by atoms with Crippen molar-refractivity contribution in [1.82, 2.24) is 10.3 Å². The molecule has 3 heteroatoms. The molecule has 118 valence electrons. The average Bonchev–Trinajstić information content (AvgIpc) is 2.40. The predicted octanol–water partition coefficient (Wildman–Crippen LogP) is 3.84. The summed E-state index contributed by atoms with van der Waals surface area (Å²) in [5.41, 5.74) is 1.39. The molecule has 1 fully saturated rings. The molecule has 0 aromatic carbocycles. The number of hydrogen-bond acceptors (Lipinski definition) is 3. The molecular weight excluding hydrogens is 258 g/mol. The molecule has 3 nitrogen and oxygen atoms in total. The topological polar surface area (TPSA) is 28.2 Å². The van der Waals surface area contributed by atoms with Crippen molar-refractivity contribution in [3.63, 3.8) is 0 Å². The fraction of sp³-hybridized carbons (Fsp3) is 0.722. The van der Waals surface area contributed by atoms with Crippen LogP contribution in [0.2, 0.25) is 0 Å². The van der Waals surface area contributed by atoms with Gasteiger partial charge in [-0.2, -0.15) is 0 Å². The van der Waals surface area contributed by atoms with Crippen LogP contribution in [0.3, 0.4) is 0 Å². The van der Waals surface area contributed by atoms with Gasteiger partial charge in [0.25, 0.3) is 0 Å². The number of hydrogen-bond donors (Lipinski definition) is 1. The van der Waals surface area contributed by atoms with Crippen LogP contribution in [-0.2, 0) is 6.54 Å². The van der Waals surface area contributed by atoms with Crippen LogP contribution in [0, 0.1) is 11.8 Å². The smallest absolute Gasteiger partial charge is 0.128 e. The molecule has 1 N–H and O–H groups in total. The van der Waals surface area contributed by atoms with Gasteiger partial charge < -0.3 is 10.2 Å². The van der Waals surface area contributed by atoms with Gasteiger partial charge in [-0.3, -0.25) is 0 Å². The third-order valence-electron chi connectivity index (χ3n) is 4.52. The first kappa shape index (κ1) is 16.3. The molecule has 1 saturated heterocycles. The first-order valence-corrected chi connectivity index (χ1v) is 8.23. The summed E-state index contributed by atoms with van der Waals surface area (Å²) in [6.45, 7) is 15.6. The highest BCUT2D eigenvalue weighted by molar-refractivity contribution is 5.41. The lowest BCUT2D eigenvalue weighted by Crippen LogP contribution is -2.46. The number of nitrogens with zero attached hydrogens (tertiary/aromatic N) is 2. The van der Waals surface area contributed by atoms with Gasteiger partial charge in [0.2, 0.25) is 0 Å². The summed E-state index contributed by atoms with van der Waals surface area (Å²) in [4.78, 5) is 7.18. The van der Waals surface area contributed by atoms with E-state index in [9.17, 15) is 0 Å². The molecule has 0 bridgehead atoms. The van der Waals surface area contributed by atoms with Gasteiger partial charge in [-0.25, -0.2) is 4.98 Å². The average molecular weight is 289 g/mol. The molecule has 0 saturated carbocycles.